The van der Waals surface area contributed by atoms with Crippen LogP contribution in [0.15, 0.2) is 11.4 Å². The Labute approximate surface area is 86.0 Å². The molecule has 1 atom stereocenters. The highest BCUT2D eigenvalue weighted by Crippen LogP contribution is 2.17. The molecule has 0 aromatic heterocycles. The van der Waals surface area contributed by atoms with Crippen LogP contribution in [0.5, 0.6) is 0 Å². The van der Waals surface area contributed by atoms with Crippen molar-refractivity contribution >= 4 is 9.52 Å². The number of allylic oxidation sites excluding steroid dienone is 1. The van der Waals surface area contributed by atoms with Crippen LogP contribution in [0, 0.1) is 5.92 Å². The minimum Gasteiger partial charge on any atom is -0.384 e. The largest absolute Gasteiger partial charge is 0.384 e. The van der Waals surface area contributed by atoms with Crippen molar-refractivity contribution in [2.75, 3.05) is 14.1 Å². The molecule has 1 unspecified atom stereocenters. The molecule has 78 valence electrons. The summed E-state index contributed by atoms with van der Waals surface area (Å²) >= 11 is 0. The summed E-state index contributed by atoms with van der Waals surface area (Å²) in [6.45, 7) is 9.30. The molecule has 0 N–H and O–H groups in total. The molecule has 0 amide bonds. The monoisotopic (exact) mass is 199 g/mol. The fourth-order valence-corrected chi connectivity index (χ4v) is 3.35. The maximum absolute atomic E-state index is 2.39. The lowest BCUT2D eigenvalue weighted by Crippen LogP contribution is -2.13. The van der Waals surface area contributed by atoms with Crippen LogP contribution in [0.1, 0.15) is 34.1 Å². The van der Waals surface area contributed by atoms with Gasteiger partial charge in [0.2, 0.25) is 0 Å². The Bertz CT molecular complexity index is 161. The maximum atomic E-state index is 2.39. The lowest BCUT2D eigenvalue weighted by molar-refractivity contribution is 0.552. The number of hydrogen-bond donors (Lipinski definition) is 0. The van der Waals surface area contributed by atoms with Gasteiger partial charge in [0.15, 0.2) is 0 Å². The minimum atomic E-state index is -0.0212. The molecule has 0 radical (unpaired) electrons. The van der Waals surface area contributed by atoms with Gasteiger partial charge in [0.05, 0.1) is 9.52 Å². The third kappa shape index (κ3) is 5.91. The molecule has 0 aliphatic heterocycles. The highest BCUT2D eigenvalue weighted by molar-refractivity contribution is 6.47. The van der Waals surface area contributed by atoms with E-state index in [2.05, 4.69) is 52.9 Å². The van der Waals surface area contributed by atoms with E-state index in [1.807, 2.05) is 0 Å². The average Bonchev–Trinajstić information content (AvgIpc) is 2.02. The molecule has 13 heavy (non-hydrogen) atoms. The van der Waals surface area contributed by atoms with Gasteiger partial charge in [0, 0.05) is 14.1 Å². The predicted octanol–water partition coefficient (Wildman–Crippen LogP) is 2.43. The van der Waals surface area contributed by atoms with Crippen LogP contribution >= 0.6 is 0 Å². The Morgan fingerprint density at radius 2 is 1.85 bits per heavy atom. The van der Waals surface area contributed by atoms with Gasteiger partial charge in [-0.15, -0.1) is 0 Å². The van der Waals surface area contributed by atoms with Crippen molar-refractivity contribution in [3.05, 3.63) is 11.4 Å². The van der Waals surface area contributed by atoms with Crippen molar-refractivity contribution in [1.82, 2.24) is 4.90 Å². The summed E-state index contributed by atoms with van der Waals surface area (Å²) in [4.78, 5) is 2.19. The second kappa shape index (κ2) is 6.25. The zero-order chi connectivity index (χ0) is 10.4. The van der Waals surface area contributed by atoms with E-state index >= 15 is 0 Å². The quantitative estimate of drug-likeness (QED) is 0.615. The molecule has 0 aliphatic rings. The summed E-state index contributed by atoms with van der Waals surface area (Å²) < 4.78 is 0. The normalized spacial score (nSPS) is 15.8. The molecule has 0 fully saturated rings. The first kappa shape index (κ1) is 12.8. The van der Waals surface area contributed by atoms with E-state index in [1.54, 1.807) is 5.20 Å². The molecule has 0 saturated carbocycles. The number of nitrogens with zero attached hydrogens (tertiary/aromatic N) is 1. The topological polar surface area (TPSA) is 3.24 Å². The van der Waals surface area contributed by atoms with Gasteiger partial charge < -0.3 is 4.90 Å². The van der Waals surface area contributed by atoms with Gasteiger partial charge in [-0.05, 0) is 12.1 Å². The first-order valence-electron chi connectivity index (χ1n) is 5.34. The van der Waals surface area contributed by atoms with Crippen LogP contribution in [-0.4, -0.2) is 28.5 Å². The smallest absolute Gasteiger partial charge is 0.0546 e. The third-order valence-electron chi connectivity index (χ3n) is 2.45. The summed E-state index contributed by atoms with van der Waals surface area (Å²) in [7, 11) is 4.22. The van der Waals surface area contributed by atoms with Gasteiger partial charge in [-0.25, -0.2) is 0 Å². The van der Waals surface area contributed by atoms with Crippen molar-refractivity contribution in [2.45, 2.75) is 39.7 Å². The number of hydrogen-bond acceptors (Lipinski definition) is 1. The van der Waals surface area contributed by atoms with Gasteiger partial charge in [-0.1, -0.05) is 44.9 Å². The molecule has 0 spiro atoms. The first-order valence-corrected chi connectivity index (χ1v) is 6.86. The maximum Gasteiger partial charge on any atom is 0.0546 e. The lowest BCUT2D eigenvalue weighted by Gasteiger charge is -2.17. The van der Waals surface area contributed by atoms with Crippen LogP contribution < -0.4 is 0 Å². The van der Waals surface area contributed by atoms with Gasteiger partial charge in [-0.2, -0.15) is 0 Å². The van der Waals surface area contributed by atoms with E-state index in [0.717, 1.165) is 11.5 Å². The molecule has 2 heteroatoms. The molecule has 0 bridgehead atoms. The Balaban J connectivity index is 4.26. The van der Waals surface area contributed by atoms with Gasteiger partial charge in [0.1, 0.15) is 0 Å². The Morgan fingerprint density at radius 1 is 1.31 bits per heavy atom. The minimum absolute atomic E-state index is 0.0212. The van der Waals surface area contributed by atoms with Crippen molar-refractivity contribution < 1.29 is 0 Å². The van der Waals surface area contributed by atoms with Crippen molar-refractivity contribution in [3.8, 4) is 0 Å². The van der Waals surface area contributed by atoms with E-state index in [4.69, 9.17) is 0 Å². The Hall–Kier alpha value is -0.243. The van der Waals surface area contributed by atoms with Crippen LogP contribution in [-0.2, 0) is 0 Å². The van der Waals surface area contributed by atoms with E-state index in [-0.39, 0.29) is 9.52 Å². The average molecular weight is 199 g/mol. The highest BCUT2D eigenvalue weighted by Gasteiger charge is 2.08. The molecule has 0 aromatic rings. The Kier molecular flexibility index (Phi) is 6.13. The van der Waals surface area contributed by atoms with Crippen molar-refractivity contribution in [3.63, 3.8) is 0 Å². The highest BCUT2D eigenvalue weighted by atomic mass is 28.2. The van der Waals surface area contributed by atoms with Crippen molar-refractivity contribution in [1.29, 1.82) is 0 Å². The summed E-state index contributed by atoms with van der Waals surface area (Å²) in [5, 5.41) is 1.71. The first-order chi connectivity index (χ1) is 5.97. The molecular weight excluding hydrogens is 174 g/mol. The van der Waals surface area contributed by atoms with Crippen LogP contribution in [0.3, 0.4) is 0 Å². The van der Waals surface area contributed by atoms with Crippen LogP contribution in [0.4, 0.5) is 0 Å². The zero-order valence-corrected chi connectivity index (χ0v) is 11.5. The second-order valence-corrected chi connectivity index (χ2v) is 7.16. The van der Waals surface area contributed by atoms with E-state index in [0.29, 0.717) is 0 Å². The molecule has 1 nitrogen and oxygen atoms in total. The molecule has 0 heterocycles. The van der Waals surface area contributed by atoms with Gasteiger partial charge >= 0.3 is 0 Å². The predicted molar refractivity (Wildman–Crippen MR) is 64.9 cm³/mol. The lowest BCUT2D eigenvalue weighted by atomic mass is 10.2. The molecule has 0 aliphatic carbocycles. The van der Waals surface area contributed by atoms with Gasteiger partial charge in [0.25, 0.3) is 0 Å². The summed E-state index contributed by atoms with van der Waals surface area (Å²) in [6, 6.07) is 0. The molecular formula is C11H25NSi. The summed E-state index contributed by atoms with van der Waals surface area (Å²) in [6.07, 6.45) is 3.67. The van der Waals surface area contributed by atoms with Crippen molar-refractivity contribution in [2.24, 2.45) is 5.92 Å². The SMILES string of the molecule is CCC(C)[SiH2]C(=CN(C)C)C(C)C. The summed E-state index contributed by atoms with van der Waals surface area (Å²) in [5.41, 5.74) is 0.952. The fourth-order valence-electron chi connectivity index (χ4n) is 1.32. The molecule has 0 saturated heterocycles. The second-order valence-electron chi connectivity index (χ2n) is 4.54. The van der Waals surface area contributed by atoms with E-state index in [9.17, 15) is 0 Å². The fraction of sp³-hybridized carbons (Fsp3) is 0.818. The van der Waals surface area contributed by atoms with E-state index in [1.165, 1.54) is 6.42 Å². The van der Waals surface area contributed by atoms with Crippen LogP contribution in [0.25, 0.3) is 0 Å². The Morgan fingerprint density at radius 3 is 2.15 bits per heavy atom. The summed E-state index contributed by atoms with van der Waals surface area (Å²) in [5.74, 6) is 0.739. The van der Waals surface area contributed by atoms with Gasteiger partial charge in [-0.3, -0.25) is 0 Å². The van der Waals surface area contributed by atoms with Crippen LogP contribution in [0.2, 0.25) is 5.54 Å². The number of rotatable bonds is 5. The standard InChI is InChI=1S/C11H25NSi/c1-7-10(4)13-11(9(2)3)8-12(5)6/h8-10H,7,13H2,1-6H3. The van der Waals surface area contributed by atoms with E-state index < -0.39 is 0 Å². The third-order valence-corrected chi connectivity index (χ3v) is 5.19. The zero-order valence-electron chi connectivity index (χ0n) is 10.1. The molecule has 0 rings (SSSR count). The molecule has 0 aromatic carbocycles.